The van der Waals surface area contributed by atoms with Gasteiger partial charge in [-0.25, -0.2) is 4.98 Å². The normalized spacial score (nSPS) is 20.4. The SMILES string of the molecule is CCCN1CCC(NC(=NC)NCc2ccnc(N3CCN(C)CC3)c2)CC1. The fourth-order valence-electron chi connectivity index (χ4n) is 3.97. The topological polar surface area (TPSA) is 59.0 Å². The summed E-state index contributed by atoms with van der Waals surface area (Å²) in [5.41, 5.74) is 1.24. The van der Waals surface area contributed by atoms with Crippen LogP contribution in [0.15, 0.2) is 23.3 Å². The van der Waals surface area contributed by atoms with Crippen LogP contribution in [0, 0.1) is 0 Å². The average Bonchev–Trinajstić information content (AvgIpc) is 2.73. The van der Waals surface area contributed by atoms with Gasteiger partial charge in [0.05, 0.1) is 0 Å². The molecule has 0 unspecified atom stereocenters. The van der Waals surface area contributed by atoms with Crippen molar-refractivity contribution in [3.63, 3.8) is 0 Å². The lowest BCUT2D eigenvalue weighted by Crippen LogP contribution is -2.48. The summed E-state index contributed by atoms with van der Waals surface area (Å²) >= 11 is 0. The molecule has 7 heteroatoms. The number of guanidine groups is 1. The van der Waals surface area contributed by atoms with E-state index in [0.29, 0.717) is 6.04 Å². The predicted octanol–water partition coefficient (Wildman–Crippen LogP) is 1.37. The first-order valence-electron chi connectivity index (χ1n) is 10.8. The molecule has 7 nitrogen and oxygen atoms in total. The lowest BCUT2D eigenvalue weighted by atomic mass is 10.1. The fourth-order valence-corrected chi connectivity index (χ4v) is 3.97. The number of likely N-dealkylation sites (tertiary alicyclic amines) is 1. The van der Waals surface area contributed by atoms with Gasteiger partial charge in [0.2, 0.25) is 0 Å². The molecule has 0 aromatic carbocycles. The molecule has 3 rings (SSSR count). The van der Waals surface area contributed by atoms with Crippen molar-refractivity contribution in [2.45, 2.75) is 38.8 Å². The molecule has 2 saturated heterocycles. The van der Waals surface area contributed by atoms with Gasteiger partial charge in [-0.1, -0.05) is 6.92 Å². The summed E-state index contributed by atoms with van der Waals surface area (Å²) in [4.78, 5) is 16.3. The Morgan fingerprint density at radius 1 is 1.18 bits per heavy atom. The molecule has 1 aromatic rings. The van der Waals surface area contributed by atoms with E-state index in [2.05, 4.69) is 61.4 Å². The Bertz CT molecular complexity index is 617. The highest BCUT2D eigenvalue weighted by atomic mass is 15.3. The molecule has 156 valence electrons. The van der Waals surface area contributed by atoms with E-state index in [4.69, 9.17) is 0 Å². The molecule has 28 heavy (non-hydrogen) atoms. The van der Waals surface area contributed by atoms with Crippen molar-refractivity contribution in [2.75, 3.05) is 64.8 Å². The largest absolute Gasteiger partial charge is 0.354 e. The van der Waals surface area contributed by atoms with Crippen LogP contribution in [0.3, 0.4) is 0 Å². The molecule has 0 saturated carbocycles. The van der Waals surface area contributed by atoms with Crippen LogP contribution < -0.4 is 15.5 Å². The predicted molar refractivity (Wildman–Crippen MR) is 117 cm³/mol. The first-order chi connectivity index (χ1) is 13.7. The Morgan fingerprint density at radius 3 is 2.61 bits per heavy atom. The third-order valence-corrected chi connectivity index (χ3v) is 5.79. The highest BCUT2D eigenvalue weighted by Gasteiger charge is 2.19. The lowest BCUT2D eigenvalue weighted by Gasteiger charge is -2.33. The van der Waals surface area contributed by atoms with Crippen molar-refractivity contribution in [3.8, 4) is 0 Å². The Kier molecular flexibility index (Phi) is 7.91. The maximum atomic E-state index is 4.58. The quantitative estimate of drug-likeness (QED) is 0.568. The molecule has 0 spiro atoms. The zero-order valence-electron chi connectivity index (χ0n) is 17.8. The lowest BCUT2D eigenvalue weighted by molar-refractivity contribution is 0.206. The van der Waals surface area contributed by atoms with Crippen LogP contribution in [-0.4, -0.2) is 86.7 Å². The smallest absolute Gasteiger partial charge is 0.191 e. The van der Waals surface area contributed by atoms with Gasteiger partial charge in [-0.2, -0.15) is 0 Å². The minimum absolute atomic E-state index is 0.512. The molecule has 2 fully saturated rings. The molecular formula is C21H37N7. The Hall–Kier alpha value is -1.86. The highest BCUT2D eigenvalue weighted by Crippen LogP contribution is 2.15. The molecule has 0 atom stereocenters. The summed E-state index contributed by atoms with van der Waals surface area (Å²) < 4.78 is 0. The Morgan fingerprint density at radius 2 is 1.93 bits per heavy atom. The number of likely N-dealkylation sites (N-methyl/N-ethyl adjacent to an activating group) is 1. The van der Waals surface area contributed by atoms with Gasteiger partial charge < -0.3 is 25.3 Å². The standard InChI is InChI=1S/C21H37N7/c1-4-9-27-10-6-19(7-11-27)25-21(22-2)24-17-18-5-8-23-20(16-18)28-14-12-26(3)13-15-28/h5,8,16,19H,4,6-7,9-15,17H2,1-3H3,(H2,22,24,25). The van der Waals surface area contributed by atoms with E-state index < -0.39 is 0 Å². The van der Waals surface area contributed by atoms with Crippen LogP contribution in [0.25, 0.3) is 0 Å². The number of hydrogen-bond donors (Lipinski definition) is 2. The maximum Gasteiger partial charge on any atom is 0.191 e. The number of hydrogen-bond acceptors (Lipinski definition) is 5. The summed E-state index contributed by atoms with van der Waals surface area (Å²) in [6, 6.07) is 4.80. The molecular weight excluding hydrogens is 350 g/mol. The summed E-state index contributed by atoms with van der Waals surface area (Å²) in [6.07, 6.45) is 5.53. The van der Waals surface area contributed by atoms with Crippen molar-refractivity contribution in [2.24, 2.45) is 4.99 Å². The number of rotatable bonds is 6. The van der Waals surface area contributed by atoms with E-state index in [1.807, 2.05) is 13.2 Å². The monoisotopic (exact) mass is 387 g/mol. The number of nitrogens with one attached hydrogen (secondary N) is 2. The van der Waals surface area contributed by atoms with E-state index in [0.717, 1.165) is 44.5 Å². The number of pyridine rings is 1. The van der Waals surface area contributed by atoms with Crippen LogP contribution in [0.4, 0.5) is 5.82 Å². The van der Waals surface area contributed by atoms with Crippen molar-refractivity contribution in [1.82, 2.24) is 25.4 Å². The summed E-state index contributed by atoms with van der Waals surface area (Å²) in [6.45, 7) is 10.9. The molecule has 0 amide bonds. The molecule has 0 bridgehead atoms. The van der Waals surface area contributed by atoms with Crippen LogP contribution in [0.2, 0.25) is 0 Å². The van der Waals surface area contributed by atoms with Gasteiger partial charge in [0.15, 0.2) is 5.96 Å². The van der Waals surface area contributed by atoms with Crippen LogP contribution in [0.1, 0.15) is 31.7 Å². The number of piperidine rings is 1. The van der Waals surface area contributed by atoms with Gasteiger partial charge in [-0.3, -0.25) is 4.99 Å². The van der Waals surface area contributed by atoms with Crippen LogP contribution in [-0.2, 0) is 6.54 Å². The Balaban J connectivity index is 1.47. The third kappa shape index (κ3) is 6.07. The van der Waals surface area contributed by atoms with E-state index in [-0.39, 0.29) is 0 Å². The molecule has 3 heterocycles. The van der Waals surface area contributed by atoms with E-state index in [1.54, 1.807) is 0 Å². The minimum atomic E-state index is 0.512. The van der Waals surface area contributed by atoms with Crippen LogP contribution >= 0.6 is 0 Å². The third-order valence-electron chi connectivity index (χ3n) is 5.79. The zero-order valence-corrected chi connectivity index (χ0v) is 17.8. The van der Waals surface area contributed by atoms with E-state index in [1.165, 1.54) is 44.5 Å². The molecule has 2 N–H and O–H groups in total. The number of piperazine rings is 1. The molecule has 1 aromatic heterocycles. The Labute approximate surface area is 170 Å². The number of aromatic nitrogens is 1. The van der Waals surface area contributed by atoms with Crippen molar-refractivity contribution in [3.05, 3.63) is 23.9 Å². The van der Waals surface area contributed by atoms with Gasteiger partial charge in [0.1, 0.15) is 5.82 Å². The molecule has 2 aliphatic rings. The van der Waals surface area contributed by atoms with E-state index >= 15 is 0 Å². The van der Waals surface area contributed by atoms with E-state index in [9.17, 15) is 0 Å². The van der Waals surface area contributed by atoms with Gasteiger partial charge in [-0.05, 0) is 50.6 Å². The van der Waals surface area contributed by atoms with Gasteiger partial charge in [0, 0.05) is 65.1 Å². The summed E-state index contributed by atoms with van der Waals surface area (Å²) in [7, 11) is 4.03. The highest BCUT2D eigenvalue weighted by molar-refractivity contribution is 5.80. The van der Waals surface area contributed by atoms with Crippen molar-refractivity contribution >= 4 is 11.8 Å². The van der Waals surface area contributed by atoms with Gasteiger partial charge in [0.25, 0.3) is 0 Å². The molecule has 0 radical (unpaired) electrons. The van der Waals surface area contributed by atoms with Crippen molar-refractivity contribution in [1.29, 1.82) is 0 Å². The van der Waals surface area contributed by atoms with Crippen molar-refractivity contribution < 1.29 is 0 Å². The summed E-state index contributed by atoms with van der Waals surface area (Å²) in [5, 5.41) is 7.08. The first kappa shape index (κ1) is 20.9. The fraction of sp³-hybridized carbons (Fsp3) is 0.714. The second-order valence-electron chi connectivity index (χ2n) is 8.00. The number of nitrogens with zero attached hydrogens (tertiary/aromatic N) is 5. The van der Waals surface area contributed by atoms with Gasteiger partial charge in [-0.15, -0.1) is 0 Å². The first-order valence-corrected chi connectivity index (χ1v) is 10.8. The number of anilines is 1. The second-order valence-corrected chi connectivity index (χ2v) is 8.00. The maximum absolute atomic E-state index is 4.58. The second kappa shape index (κ2) is 10.6. The zero-order chi connectivity index (χ0) is 19.8. The average molecular weight is 388 g/mol. The molecule has 2 aliphatic heterocycles. The summed E-state index contributed by atoms with van der Waals surface area (Å²) in [5.74, 6) is 1.98. The van der Waals surface area contributed by atoms with Crippen LogP contribution in [0.5, 0.6) is 0 Å². The minimum Gasteiger partial charge on any atom is -0.354 e. The van der Waals surface area contributed by atoms with Gasteiger partial charge >= 0.3 is 0 Å². The molecule has 0 aliphatic carbocycles. The number of aliphatic imine (C=N–C) groups is 1.